The molecule has 1 aliphatic rings. The Morgan fingerprint density at radius 2 is 2.11 bits per heavy atom. The summed E-state index contributed by atoms with van der Waals surface area (Å²) in [5, 5.41) is 12.1. The average Bonchev–Trinajstić information content (AvgIpc) is 3.22. The summed E-state index contributed by atoms with van der Waals surface area (Å²) in [6.45, 7) is 2.20. The van der Waals surface area contributed by atoms with E-state index in [0.717, 1.165) is 22.3 Å². The van der Waals surface area contributed by atoms with Crippen LogP contribution in [0.3, 0.4) is 0 Å². The summed E-state index contributed by atoms with van der Waals surface area (Å²) in [6, 6.07) is 6.75. The molecule has 2 N–H and O–H groups in total. The van der Waals surface area contributed by atoms with Gasteiger partial charge in [-0.25, -0.2) is 0 Å². The van der Waals surface area contributed by atoms with Crippen LogP contribution in [-0.4, -0.2) is 37.6 Å². The third-order valence-electron chi connectivity index (χ3n) is 2.92. The number of hydrogen-bond acceptors (Lipinski definition) is 4. The normalized spacial score (nSPS) is 14.6. The number of benzene rings is 1. The summed E-state index contributed by atoms with van der Waals surface area (Å²) in [4.78, 5) is 0. The lowest BCUT2D eigenvalue weighted by Crippen LogP contribution is -2.17. The van der Waals surface area contributed by atoms with E-state index in [0.29, 0.717) is 25.9 Å². The molecule has 0 radical (unpaired) electrons. The molecule has 0 amide bonds. The molecule has 0 bridgehead atoms. The van der Waals surface area contributed by atoms with Gasteiger partial charge in [-0.3, -0.25) is 0 Å². The van der Waals surface area contributed by atoms with Gasteiger partial charge in [0, 0.05) is 18.2 Å². The van der Waals surface area contributed by atoms with Crippen molar-refractivity contribution in [1.82, 2.24) is 5.32 Å². The van der Waals surface area contributed by atoms with Crippen LogP contribution in [-0.2, 0) is 11.3 Å². The van der Waals surface area contributed by atoms with Crippen LogP contribution in [0.25, 0.3) is 0 Å². The SMILES string of the molecule is OCCOCCOc1c(Br)cccc1CNC1CC1. The molecular weight excluding hydrogens is 310 g/mol. The fraction of sp³-hybridized carbons (Fsp3) is 0.571. The van der Waals surface area contributed by atoms with Crippen molar-refractivity contribution in [3.05, 3.63) is 28.2 Å². The van der Waals surface area contributed by atoms with Crippen LogP contribution in [0.15, 0.2) is 22.7 Å². The molecule has 1 aliphatic carbocycles. The lowest BCUT2D eigenvalue weighted by molar-refractivity contribution is 0.0701. The van der Waals surface area contributed by atoms with Crippen LogP contribution in [0.5, 0.6) is 5.75 Å². The van der Waals surface area contributed by atoms with Crippen molar-refractivity contribution in [1.29, 1.82) is 0 Å². The molecular formula is C14H20BrNO3. The number of halogens is 1. The number of nitrogens with one attached hydrogen (secondary N) is 1. The van der Waals surface area contributed by atoms with Gasteiger partial charge in [0.15, 0.2) is 0 Å². The molecule has 19 heavy (non-hydrogen) atoms. The van der Waals surface area contributed by atoms with E-state index in [-0.39, 0.29) is 6.61 Å². The second kappa shape index (κ2) is 7.85. The quantitative estimate of drug-likeness (QED) is 0.681. The molecule has 1 aromatic carbocycles. The lowest BCUT2D eigenvalue weighted by atomic mass is 10.2. The number of rotatable bonds is 9. The van der Waals surface area contributed by atoms with Gasteiger partial charge >= 0.3 is 0 Å². The molecule has 0 atom stereocenters. The first-order chi connectivity index (χ1) is 9.31. The summed E-state index contributed by atoms with van der Waals surface area (Å²) < 4.78 is 11.9. The van der Waals surface area contributed by atoms with Crippen LogP contribution in [0.2, 0.25) is 0 Å². The zero-order chi connectivity index (χ0) is 13.5. The van der Waals surface area contributed by atoms with Crippen molar-refractivity contribution in [2.45, 2.75) is 25.4 Å². The number of para-hydroxylation sites is 1. The maximum atomic E-state index is 8.62. The van der Waals surface area contributed by atoms with Gasteiger partial charge < -0.3 is 19.9 Å². The fourth-order valence-electron chi connectivity index (χ4n) is 1.77. The van der Waals surface area contributed by atoms with Gasteiger partial charge in [-0.1, -0.05) is 12.1 Å². The number of hydrogen-bond donors (Lipinski definition) is 2. The highest BCUT2D eigenvalue weighted by atomic mass is 79.9. The predicted molar refractivity (Wildman–Crippen MR) is 77.4 cm³/mol. The van der Waals surface area contributed by atoms with Crippen molar-refractivity contribution in [3.63, 3.8) is 0 Å². The molecule has 1 saturated carbocycles. The molecule has 1 aromatic rings. The molecule has 0 aliphatic heterocycles. The first-order valence-electron chi connectivity index (χ1n) is 6.63. The number of aliphatic hydroxyl groups is 1. The number of ether oxygens (including phenoxy) is 2. The molecule has 2 rings (SSSR count). The Bertz CT molecular complexity index is 396. The third-order valence-corrected chi connectivity index (χ3v) is 3.54. The highest BCUT2D eigenvalue weighted by Crippen LogP contribution is 2.30. The van der Waals surface area contributed by atoms with Crippen molar-refractivity contribution in [2.24, 2.45) is 0 Å². The molecule has 0 saturated heterocycles. The standard InChI is InChI=1S/C14H20BrNO3/c15-13-3-1-2-11(10-16-12-4-5-12)14(13)19-9-8-18-7-6-17/h1-3,12,16-17H,4-10H2. The van der Waals surface area contributed by atoms with Crippen LogP contribution < -0.4 is 10.1 Å². The Kier molecular flexibility index (Phi) is 6.10. The first kappa shape index (κ1) is 14.8. The summed E-state index contributed by atoms with van der Waals surface area (Å²) in [7, 11) is 0. The van der Waals surface area contributed by atoms with E-state index >= 15 is 0 Å². The molecule has 106 valence electrons. The third kappa shape index (κ3) is 5.10. The van der Waals surface area contributed by atoms with E-state index in [1.165, 1.54) is 12.8 Å². The average molecular weight is 330 g/mol. The zero-order valence-electron chi connectivity index (χ0n) is 10.9. The highest BCUT2D eigenvalue weighted by molar-refractivity contribution is 9.10. The van der Waals surface area contributed by atoms with E-state index in [9.17, 15) is 0 Å². The number of aliphatic hydroxyl groups excluding tert-OH is 1. The minimum Gasteiger partial charge on any atom is -0.490 e. The molecule has 0 unspecified atom stereocenters. The van der Waals surface area contributed by atoms with E-state index in [4.69, 9.17) is 14.6 Å². The fourth-order valence-corrected chi connectivity index (χ4v) is 2.29. The van der Waals surface area contributed by atoms with Gasteiger partial charge in [-0.05, 0) is 34.8 Å². The van der Waals surface area contributed by atoms with Gasteiger partial charge in [0.05, 0.1) is 24.3 Å². The van der Waals surface area contributed by atoms with E-state index in [1.807, 2.05) is 12.1 Å². The van der Waals surface area contributed by atoms with Crippen molar-refractivity contribution in [3.8, 4) is 5.75 Å². The molecule has 5 heteroatoms. The maximum Gasteiger partial charge on any atom is 0.138 e. The second-order valence-corrected chi connectivity index (χ2v) is 5.42. The summed E-state index contributed by atoms with van der Waals surface area (Å²) in [5.41, 5.74) is 1.16. The summed E-state index contributed by atoms with van der Waals surface area (Å²) in [5.74, 6) is 0.878. The molecule has 0 heterocycles. The minimum atomic E-state index is 0.0472. The van der Waals surface area contributed by atoms with Crippen molar-refractivity contribution < 1.29 is 14.6 Å². The maximum absolute atomic E-state index is 8.62. The zero-order valence-corrected chi connectivity index (χ0v) is 12.5. The van der Waals surface area contributed by atoms with Crippen molar-refractivity contribution in [2.75, 3.05) is 26.4 Å². The van der Waals surface area contributed by atoms with Crippen LogP contribution in [0.1, 0.15) is 18.4 Å². The summed E-state index contributed by atoms with van der Waals surface area (Å²) in [6.07, 6.45) is 2.55. The van der Waals surface area contributed by atoms with E-state index in [1.54, 1.807) is 0 Å². The molecule has 0 aromatic heterocycles. The Hall–Kier alpha value is -0.620. The van der Waals surface area contributed by atoms with Gasteiger partial charge in [0.1, 0.15) is 12.4 Å². The lowest BCUT2D eigenvalue weighted by Gasteiger charge is -2.14. The Morgan fingerprint density at radius 3 is 2.84 bits per heavy atom. The Balaban J connectivity index is 1.84. The monoisotopic (exact) mass is 329 g/mol. The molecule has 1 fully saturated rings. The van der Waals surface area contributed by atoms with Crippen molar-refractivity contribution >= 4 is 15.9 Å². The van der Waals surface area contributed by atoms with Gasteiger partial charge in [0.25, 0.3) is 0 Å². The van der Waals surface area contributed by atoms with E-state index in [2.05, 4.69) is 27.3 Å². The smallest absolute Gasteiger partial charge is 0.138 e. The van der Waals surface area contributed by atoms with Gasteiger partial charge in [0.2, 0.25) is 0 Å². The van der Waals surface area contributed by atoms with Crippen LogP contribution >= 0.6 is 15.9 Å². The van der Waals surface area contributed by atoms with E-state index < -0.39 is 0 Å². The molecule has 0 spiro atoms. The highest BCUT2D eigenvalue weighted by Gasteiger charge is 2.20. The topological polar surface area (TPSA) is 50.7 Å². The van der Waals surface area contributed by atoms with Gasteiger partial charge in [-0.15, -0.1) is 0 Å². The Morgan fingerprint density at radius 1 is 1.26 bits per heavy atom. The first-order valence-corrected chi connectivity index (χ1v) is 7.42. The largest absolute Gasteiger partial charge is 0.490 e. The van der Waals surface area contributed by atoms with Gasteiger partial charge in [-0.2, -0.15) is 0 Å². The summed E-state index contributed by atoms with van der Waals surface area (Å²) >= 11 is 3.52. The second-order valence-electron chi connectivity index (χ2n) is 4.57. The minimum absolute atomic E-state index is 0.0472. The Labute approximate surface area is 122 Å². The predicted octanol–water partition coefficient (Wildman–Crippen LogP) is 2.09. The van der Waals surface area contributed by atoms with Crippen LogP contribution in [0.4, 0.5) is 0 Å². The molecule has 4 nitrogen and oxygen atoms in total. The van der Waals surface area contributed by atoms with Crippen LogP contribution in [0, 0.1) is 0 Å².